The van der Waals surface area contributed by atoms with Crippen molar-refractivity contribution >= 4 is 10.9 Å². The number of H-pyrrole nitrogens is 1. The average Bonchev–Trinajstić information content (AvgIpc) is 2.62. The Morgan fingerprint density at radius 2 is 2.29 bits per heavy atom. The van der Waals surface area contributed by atoms with Gasteiger partial charge in [-0.25, -0.2) is 0 Å². The first-order valence-electron chi connectivity index (χ1n) is 4.68. The van der Waals surface area contributed by atoms with Crippen LogP contribution in [0.2, 0.25) is 0 Å². The Morgan fingerprint density at radius 1 is 1.50 bits per heavy atom. The molecule has 14 heavy (non-hydrogen) atoms. The molecule has 0 spiro atoms. The molecule has 4 N–H and O–H groups in total. The van der Waals surface area contributed by atoms with E-state index in [-0.39, 0.29) is 6.54 Å². The van der Waals surface area contributed by atoms with E-state index < -0.39 is 6.10 Å². The third-order valence-electron chi connectivity index (χ3n) is 2.54. The van der Waals surface area contributed by atoms with Crippen molar-refractivity contribution in [2.45, 2.75) is 13.0 Å². The summed E-state index contributed by atoms with van der Waals surface area (Å²) < 4.78 is 0. The lowest BCUT2D eigenvalue weighted by Gasteiger charge is -2.05. The summed E-state index contributed by atoms with van der Waals surface area (Å²) in [6.45, 7) is 2.29. The van der Waals surface area contributed by atoms with Crippen LogP contribution in [0.15, 0.2) is 24.4 Å². The highest BCUT2D eigenvalue weighted by Crippen LogP contribution is 2.25. The number of hydrogen-bond donors (Lipinski definition) is 3. The van der Waals surface area contributed by atoms with Crippen LogP contribution in [0.5, 0.6) is 0 Å². The summed E-state index contributed by atoms with van der Waals surface area (Å²) in [6, 6.07) is 6.02. The molecule has 0 saturated heterocycles. The molecule has 0 aliphatic carbocycles. The van der Waals surface area contributed by atoms with E-state index in [9.17, 15) is 5.11 Å². The number of nitrogens with two attached hydrogens (primary N) is 1. The van der Waals surface area contributed by atoms with Gasteiger partial charge >= 0.3 is 0 Å². The van der Waals surface area contributed by atoms with Crippen LogP contribution in [-0.2, 0) is 0 Å². The Morgan fingerprint density at radius 3 is 3.00 bits per heavy atom. The smallest absolute Gasteiger partial charge is 0.0932 e. The number of aromatic nitrogens is 1. The fourth-order valence-corrected chi connectivity index (χ4v) is 1.73. The first kappa shape index (κ1) is 9.24. The topological polar surface area (TPSA) is 62.0 Å². The van der Waals surface area contributed by atoms with Gasteiger partial charge in [-0.1, -0.05) is 18.2 Å². The highest BCUT2D eigenvalue weighted by Gasteiger charge is 2.11. The number of hydrogen-bond acceptors (Lipinski definition) is 2. The minimum atomic E-state index is -0.578. The fraction of sp³-hybridized carbons (Fsp3) is 0.273. The van der Waals surface area contributed by atoms with Crippen molar-refractivity contribution in [3.63, 3.8) is 0 Å². The molecule has 2 rings (SSSR count). The second-order valence-corrected chi connectivity index (χ2v) is 3.49. The third kappa shape index (κ3) is 1.31. The van der Waals surface area contributed by atoms with Crippen molar-refractivity contribution < 1.29 is 5.11 Å². The maximum atomic E-state index is 9.66. The Balaban J connectivity index is 2.63. The molecule has 0 amide bonds. The Labute approximate surface area is 82.6 Å². The molecule has 1 heterocycles. The number of benzene rings is 1. The van der Waals surface area contributed by atoms with Crippen LogP contribution >= 0.6 is 0 Å². The van der Waals surface area contributed by atoms with Crippen molar-refractivity contribution in [2.24, 2.45) is 5.73 Å². The van der Waals surface area contributed by atoms with E-state index in [0.717, 1.165) is 16.5 Å². The number of fused-ring (bicyclic) bond motifs is 1. The van der Waals surface area contributed by atoms with E-state index in [2.05, 4.69) is 4.98 Å². The molecule has 74 valence electrons. The van der Waals surface area contributed by atoms with Crippen LogP contribution in [0.4, 0.5) is 0 Å². The zero-order chi connectivity index (χ0) is 10.1. The van der Waals surface area contributed by atoms with Gasteiger partial charge in [0.25, 0.3) is 0 Å². The van der Waals surface area contributed by atoms with E-state index >= 15 is 0 Å². The van der Waals surface area contributed by atoms with Crippen molar-refractivity contribution in [2.75, 3.05) is 6.54 Å². The van der Waals surface area contributed by atoms with Gasteiger partial charge in [-0.3, -0.25) is 0 Å². The molecular formula is C11H14N2O. The SMILES string of the molecule is Cc1cccc2c(C(O)CN)c[nH]c12. The molecule has 0 radical (unpaired) electrons. The van der Waals surface area contributed by atoms with Crippen LogP contribution in [0.1, 0.15) is 17.2 Å². The van der Waals surface area contributed by atoms with E-state index in [4.69, 9.17) is 5.73 Å². The number of rotatable bonds is 2. The lowest BCUT2D eigenvalue weighted by molar-refractivity contribution is 0.188. The van der Waals surface area contributed by atoms with Gasteiger partial charge in [0, 0.05) is 29.2 Å². The summed E-state index contributed by atoms with van der Waals surface area (Å²) in [6.07, 6.45) is 1.25. The molecule has 3 nitrogen and oxygen atoms in total. The molecule has 0 saturated carbocycles. The first-order valence-corrected chi connectivity index (χ1v) is 4.68. The minimum absolute atomic E-state index is 0.251. The first-order chi connectivity index (χ1) is 6.74. The minimum Gasteiger partial charge on any atom is -0.387 e. The number of para-hydroxylation sites is 1. The molecule has 1 aromatic heterocycles. The van der Waals surface area contributed by atoms with Crippen LogP contribution in [0.3, 0.4) is 0 Å². The molecule has 1 unspecified atom stereocenters. The van der Waals surface area contributed by atoms with Crippen molar-refractivity contribution in [1.82, 2.24) is 4.98 Å². The lowest BCUT2D eigenvalue weighted by Crippen LogP contribution is -2.10. The third-order valence-corrected chi connectivity index (χ3v) is 2.54. The van der Waals surface area contributed by atoms with Crippen molar-refractivity contribution in [3.05, 3.63) is 35.5 Å². The van der Waals surface area contributed by atoms with Gasteiger partial charge in [0.15, 0.2) is 0 Å². The molecular weight excluding hydrogens is 176 g/mol. The Bertz CT molecular complexity index is 447. The van der Waals surface area contributed by atoms with E-state index in [1.165, 1.54) is 5.56 Å². The maximum absolute atomic E-state index is 9.66. The molecule has 2 aromatic rings. The summed E-state index contributed by atoms with van der Waals surface area (Å²) >= 11 is 0. The number of aliphatic hydroxyl groups is 1. The van der Waals surface area contributed by atoms with Crippen LogP contribution in [0, 0.1) is 6.92 Å². The predicted molar refractivity (Wildman–Crippen MR) is 57.0 cm³/mol. The zero-order valence-electron chi connectivity index (χ0n) is 8.12. The van der Waals surface area contributed by atoms with E-state index in [0.29, 0.717) is 0 Å². The van der Waals surface area contributed by atoms with Crippen molar-refractivity contribution in [3.8, 4) is 0 Å². The summed E-state index contributed by atoms with van der Waals surface area (Å²) in [7, 11) is 0. The summed E-state index contributed by atoms with van der Waals surface area (Å²) in [5.41, 5.74) is 8.57. The Hall–Kier alpha value is -1.32. The van der Waals surface area contributed by atoms with Crippen LogP contribution < -0.4 is 5.73 Å². The van der Waals surface area contributed by atoms with Gasteiger partial charge in [0.2, 0.25) is 0 Å². The molecule has 3 heteroatoms. The number of nitrogens with one attached hydrogen (secondary N) is 1. The fourth-order valence-electron chi connectivity index (χ4n) is 1.73. The van der Waals surface area contributed by atoms with Gasteiger partial charge in [-0.05, 0) is 12.5 Å². The highest BCUT2D eigenvalue weighted by molar-refractivity contribution is 5.86. The number of aliphatic hydroxyl groups excluding tert-OH is 1. The van der Waals surface area contributed by atoms with E-state index in [1.54, 1.807) is 0 Å². The second kappa shape index (κ2) is 3.44. The molecule has 0 bridgehead atoms. The standard InChI is InChI=1S/C11H14N2O/c1-7-3-2-4-8-9(10(14)5-12)6-13-11(7)8/h2-4,6,10,13-14H,5,12H2,1H3. The average molecular weight is 190 g/mol. The summed E-state index contributed by atoms with van der Waals surface area (Å²) in [5.74, 6) is 0. The molecule has 0 fully saturated rings. The van der Waals surface area contributed by atoms with Crippen molar-refractivity contribution in [1.29, 1.82) is 0 Å². The second-order valence-electron chi connectivity index (χ2n) is 3.49. The van der Waals surface area contributed by atoms with Crippen LogP contribution in [0.25, 0.3) is 10.9 Å². The molecule has 1 atom stereocenters. The molecule has 1 aromatic carbocycles. The maximum Gasteiger partial charge on any atom is 0.0932 e. The molecule has 0 aliphatic heterocycles. The van der Waals surface area contributed by atoms with Gasteiger partial charge in [0.05, 0.1) is 6.10 Å². The van der Waals surface area contributed by atoms with Crippen LogP contribution in [-0.4, -0.2) is 16.6 Å². The largest absolute Gasteiger partial charge is 0.387 e. The summed E-state index contributed by atoms with van der Waals surface area (Å²) in [4.78, 5) is 3.16. The Kier molecular flexibility index (Phi) is 2.27. The van der Waals surface area contributed by atoms with E-state index in [1.807, 2.05) is 31.3 Å². The van der Waals surface area contributed by atoms with Gasteiger partial charge in [-0.2, -0.15) is 0 Å². The quantitative estimate of drug-likeness (QED) is 0.671. The highest BCUT2D eigenvalue weighted by atomic mass is 16.3. The van der Waals surface area contributed by atoms with Gasteiger partial charge in [-0.15, -0.1) is 0 Å². The number of aromatic amines is 1. The normalized spacial score (nSPS) is 13.4. The predicted octanol–water partition coefficient (Wildman–Crippen LogP) is 1.47. The number of aryl methyl sites for hydroxylation is 1. The lowest BCUT2D eigenvalue weighted by atomic mass is 10.1. The monoisotopic (exact) mass is 190 g/mol. The molecule has 0 aliphatic rings. The van der Waals surface area contributed by atoms with Gasteiger partial charge in [0.1, 0.15) is 0 Å². The van der Waals surface area contributed by atoms with Gasteiger partial charge < -0.3 is 15.8 Å². The zero-order valence-corrected chi connectivity index (χ0v) is 8.12. The summed E-state index contributed by atoms with van der Waals surface area (Å²) in [5, 5.41) is 10.7.